The summed E-state index contributed by atoms with van der Waals surface area (Å²) >= 11 is 0. The van der Waals surface area contributed by atoms with Gasteiger partial charge in [-0.2, -0.15) is 0 Å². The average molecular weight is 265 g/mol. The number of likely N-dealkylation sites (tertiary alicyclic amines) is 1. The largest absolute Gasteiger partial charge is 0.312 e. The van der Waals surface area contributed by atoms with Crippen molar-refractivity contribution in [2.24, 2.45) is 5.92 Å². The number of rotatable bonds is 4. The summed E-state index contributed by atoms with van der Waals surface area (Å²) in [5.74, 6) is 0.932. The third-order valence-electron chi connectivity index (χ3n) is 5.84. The molecule has 3 heterocycles. The SMILES string of the molecule is CC(C)N1CCC(NCC2CC3CCC(C2)N3C)C1. The van der Waals surface area contributed by atoms with E-state index in [4.69, 9.17) is 0 Å². The summed E-state index contributed by atoms with van der Waals surface area (Å²) in [5, 5.41) is 3.86. The average Bonchev–Trinajstić information content (AvgIpc) is 2.91. The van der Waals surface area contributed by atoms with Gasteiger partial charge in [-0.15, -0.1) is 0 Å². The molecule has 2 bridgehead atoms. The van der Waals surface area contributed by atoms with Crippen LogP contribution in [0.2, 0.25) is 0 Å². The van der Waals surface area contributed by atoms with Crippen LogP contribution in [0.5, 0.6) is 0 Å². The Hall–Kier alpha value is -0.120. The van der Waals surface area contributed by atoms with E-state index < -0.39 is 0 Å². The maximum Gasteiger partial charge on any atom is 0.0207 e. The van der Waals surface area contributed by atoms with Gasteiger partial charge in [-0.1, -0.05) is 0 Å². The number of hydrogen-bond acceptors (Lipinski definition) is 3. The summed E-state index contributed by atoms with van der Waals surface area (Å²) in [4.78, 5) is 5.25. The van der Waals surface area contributed by atoms with Gasteiger partial charge in [0.2, 0.25) is 0 Å². The number of fused-ring (bicyclic) bond motifs is 2. The number of piperidine rings is 1. The zero-order valence-corrected chi connectivity index (χ0v) is 12.9. The summed E-state index contributed by atoms with van der Waals surface area (Å²) in [6.07, 6.45) is 7.10. The molecule has 3 nitrogen and oxygen atoms in total. The van der Waals surface area contributed by atoms with Crippen molar-refractivity contribution < 1.29 is 0 Å². The second-order valence-corrected chi connectivity index (χ2v) is 7.37. The maximum absolute atomic E-state index is 3.86. The van der Waals surface area contributed by atoms with Gasteiger partial charge in [0, 0.05) is 30.7 Å². The molecule has 1 N–H and O–H groups in total. The van der Waals surface area contributed by atoms with Crippen molar-refractivity contribution in [2.75, 3.05) is 26.7 Å². The van der Waals surface area contributed by atoms with Crippen LogP contribution in [0.25, 0.3) is 0 Å². The summed E-state index contributed by atoms with van der Waals surface area (Å²) in [5.41, 5.74) is 0. The fourth-order valence-corrected chi connectivity index (χ4v) is 4.45. The molecule has 0 aliphatic carbocycles. The lowest BCUT2D eigenvalue weighted by molar-refractivity contribution is 0.131. The van der Waals surface area contributed by atoms with Gasteiger partial charge in [0.25, 0.3) is 0 Å². The van der Waals surface area contributed by atoms with Crippen LogP contribution in [-0.4, -0.2) is 60.6 Å². The maximum atomic E-state index is 3.86. The minimum absolute atomic E-state index is 0.714. The van der Waals surface area contributed by atoms with Crippen LogP contribution in [0.3, 0.4) is 0 Å². The topological polar surface area (TPSA) is 18.5 Å². The van der Waals surface area contributed by atoms with Gasteiger partial charge >= 0.3 is 0 Å². The molecule has 0 aromatic rings. The normalized spacial score (nSPS) is 40.4. The Morgan fingerprint density at radius 1 is 1.11 bits per heavy atom. The van der Waals surface area contributed by atoms with Crippen molar-refractivity contribution in [3.05, 3.63) is 0 Å². The van der Waals surface area contributed by atoms with Gasteiger partial charge in [0.05, 0.1) is 0 Å². The van der Waals surface area contributed by atoms with E-state index in [1.165, 1.54) is 51.7 Å². The Kier molecular flexibility index (Phi) is 4.16. The molecule has 0 radical (unpaired) electrons. The van der Waals surface area contributed by atoms with E-state index in [1.807, 2.05) is 0 Å². The lowest BCUT2D eigenvalue weighted by Crippen LogP contribution is -2.44. The first kappa shape index (κ1) is 13.8. The van der Waals surface area contributed by atoms with E-state index >= 15 is 0 Å². The second-order valence-electron chi connectivity index (χ2n) is 7.37. The molecule has 0 spiro atoms. The van der Waals surface area contributed by atoms with Gasteiger partial charge in [-0.25, -0.2) is 0 Å². The van der Waals surface area contributed by atoms with Gasteiger partial charge in [-0.3, -0.25) is 4.90 Å². The van der Waals surface area contributed by atoms with Crippen molar-refractivity contribution >= 4 is 0 Å². The highest BCUT2D eigenvalue weighted by atomic mass is 15.2. The zero-order chi connectivity index (χ0) is 13.4. The third kappa shape index (κ3) is 2.98. The monoisotopic (exact) mass is 265 g/mol. The second kappa shape index (κ2) is 5.71. The molecule has 0 aromatic carbocycles. The number of hydrogen-bond donors (Lipinski definition) is 1. The van der Waals surface area contributed by atoms with Gasteiger partial charge < -0.3 is 10.2 Å². The van der Waals surface area contributed by atoms with Gasteiger partial charge in [0.15, 0.2) is 0 Å². The molecule has 3 saturated heterocycles. The minimum atomic E-state index is 0.714. The first-order chi connectivity index (χ1) is 9.13. The summed E-state index contributed by atoms with van der Waals surface area (Å²) in [7, 11) is 2.34. The van der Waals surface area contributed by atoms with Crippen LogP contribution < -0.4 is 5.32 Å². The molecule has 3 aliphatic rings. The van der Waals surface area contributed by atoms with Crippen LogP contribution in [-0.2, 0) is 0 Å². The minimum Gasteiger partial charge on any atom is -0.312 e. The fourth-order valence-electron chi connectivity index (χ4n) is 4.45. The van der Waals surface area contributed by atoms with Crippen LogP contribution in [0.1, 0.15) is 46.0 Å². The highest BCUT2D eigenvalue weighted by Gasteiger charge is 2.38. The smallest absolute Gasteiger partial charge is 0.0207 e. The van der Waals surface area contributed by atoms with Crippen molar-refractivity contribution in [1.29, 1.82) is 0 Å². The fraction of sp³-hybridized carbons (Fsp3) is 1.00. The molecule has 3 unspecified atom stereocenters. The Bertz CT molecular complexity index is 290. The third-order valence-corrected chi connectivity index (χ3v) is 5.84. The molecular weight excluding hydrogens is 234 g/mol. The molecule has 0 aromatic heterocycles. The Labute approximate surface area is 118 Å². The molecule has 3 fully saturated rings. The summed E-state index contributed by atoms with van der Waals surface area (Å²) in [6, 6.07) is 3.24. The van der Waals surface area contributed by atoms with Crippen molar-refractivity contribution in [3.8, 4) is 0 Å². The highest BCUT2D eigenvalue weighted by Crippen LogP contribution is 2.37. The standard InChI is InChI=1S/C16H31N3/c1-12(2)19-7-6-14(11-19)17-10-13-8-15-4-5-16(9-13)18(15)3/h12-17H,4-11H2,1-3H3. The summed E-state index contributed by atoms with van der Waals surface area (Å²) in [6.45, 7) is 8.44. The molecule has 0 saturated carbocycles. The lowest BCUT2D eigenvalue weighted by Gasteiger charge is -2.36. The van der Waals surface area contributed by atoms with Crippen LogP contribution >= 0.6 is 0 Å². The molecule has 3 heteroatoms. The molecule has 3 aliphatic heterocycles. The van der Waals surface area contributed by atoms with E-state index in [-0.39, 0.29) is 0 Å². The van der Waals surface area contributed by atoms with E-state index in [2.05, 4.69) is 36.0 Å². The molecule has 19 heavy (non-hydrogen) atoms. The van der Waals surface area contributed by atoms with Crippen LogP contribution in [0, 0.1) is 5.92 Å². The number of nitrogens with zero attached hydrogens (tertiary/aromatic N) is 2. The molecule has 3 atom stereocenters. The molecule has 110 valence electrons. The van der Waals surface area contributed by atoms with Crippen molar-refractivity contribution in [2.45, 2.75) is 70.1 Å². The summed E-state index contributed by atoms with van der Waals surface area (Å²) < 4.78 is 0. The van der Waals surface area contributed by atoms with Crippen LogP contribution in [0.15, 0.2) is 0 Å². The molecule has 3 rings (SSSR count). The van der Waals surface area contributed by atoms with Crippen molar-refractivity contribution in [3.63, 3.8) is 0 Å². The zero-order valence-electron chi connectivity index (χ0n) is 12.9. The van der Waals surface area contributed by atoms with E-state index in [0.29, 0.717) is 6.04 Å². The van der Waals surface area contributed by atoms with Crippen LogP contribution in [0.4, 0.5) is 0 Å². The Morgan fingerprint density at radius 2 is 1.79 bits per heavy atom. The lowest BCUT2D eigenvalue weighted by atomic mass is 9.91. The first-order valence-electron chi connectivity index (χ1n) is 8.33. The number of nitrogens with one attached hydrogen (secondary N) is 1. The predicted octanol–water partition coefficient (Wildman–Crippen LogP) is 1.93. The van der Waals surface area contributed by atoms with E-state index in [1.54, 1.807) is 0 Å². The molecular formula is C16H31N3. The van der Waals surface area contributed by atoms with E-state index in [0.717, 1.165) is 24.0 Å². The highest BCUT2D eigenvalue weighted by molar-refractivity contribution is 4.94. The quantitative estimate of drug-likeness (QED) is 0.838. The van der Waals surface area contributed by atoms with Gasteiger partial charge in [-0.05, 0) is 72.0 Å². The first-order valence-corrected chi connectivity index (χ1v) is 8.33. The van der Waals surface area contributed by atoms with E-state index in [9.17, 15) is 0 Å². The Balaban J connectivity index is 1.42. The molecule has 0 amide bonds. The van der Waals surface area contributed by atoms with Crippen molar-refractivity contribution in [1.82, 2.24) is 15.1 Å². The predicted molar refractivity (Wildman–Crippen MR) is 80.4 cm³/mol. The Morgan fingerprint density at radius 3 is 2.37 bits per heavy atom. The van der Waals surface area contributed by atoms with Gasteiger partial charge in [0.1, 0.15) is 0 Å².